The summed E-state index contributed by atoms with van der Waals surface area (Å²) in [5, 5.41) is 12.7. The molecule has 5 heteroatoms. The molecule has 0 aliphatic rings. The Morgan fingerprint density at radius 3 is 2.76 bits per heavy atom. The van der Waals surface area contributed by atoms with Gasteiger partial charge in [0.1, 0.15) is 6.10 Å². The third kappa shape index (κ3) is 4.14. The second-order valence-corrected chi connectivity index (χ2v) is 4.96. The van der Waals surface area contributed by atoms with Gasteiger partial charge < -0.3 is 9.26 Å². The van der Waals surface area contributed by atoms with Crippen LogP contribution in [0, 0.1) is 17.2 Å². The third-order valence-corrected chi connectivity index (χ3v) is 3.12. The summed E-state index contributed by atoms with van der Waals surface area (Å²) < 4.78 is 11.0. The van der Waals surface area contributed by atoms with E-state index >= 15 is 0 Å². The number of rotatable bonds is 7. The van der Waals surface area contributed by atoms with Crippen LogP contribution in [0.5, 0.6) is 0 Å². The number of hydrogen-bond donors (Lipinski definition) is 0. The second-order valence-electron chi connectivity index (χ2n) is 4.96. The van der Waals surface area contributed by atoms with E-state index in [4.69, 9.17) is 14.5 Å². The molecule has 0 saturated carbocycles. The average Bonchev–Trinajstić information content (AvgIpc) is 2.94. The molecule has 0 fully saturated rings. The van der Waals surface area contributed by atoms with Crippen molar-refractivity contribution in [1.29, 1.82) is 5.26 Å². The summed E-state index contributed by atoms with van der Waals surface area (Å²) in [5.41, 5.74) is 0.997. The van der Waals surface area contributed by atoms with Crippen molar-refractivity contribution in [3.05, 3.63) is 47.6 Å². The maximum atomic E-state index is 8.69. The zero-order valence-electron chi connectivity index (χ0n) is 12.3. The van der Waals surface area contributed by atoms with Gasteiger partial charge >= 0.3 is 0 Å². The monoisotopic (exact) mass is 285 g/mol. The molecule has 1 aromatic carbocycles. The van der Waals surface area contributed by atoms with Crippen molar-refractivity contribution in [3.63, 3.8) is 0 Å². The first-order valence-electron chi connectivity index (χ1n) is 7.10. The topological polar surface area (TPSA) is 71.9 Å². The van der Waals surface area contributed by atoms with E-state index in [0.717, 1.165) is 5.56 Å². The molecule has 2 atom stereocenters. The molecule has 110 valence electrons. The number of aromatic nitrogens is 2. The highest BCUT2D eigenvalue weighted by Crippen LogP contribution is 2.24. The standard InChI is InChI=1S/C16H19N3O2/c1-3-20-15(13-7-5-4-6-8-13)16-18-14(21-19-16)11-12(2)9-10-17/h4-8,12,15H,3,9,11H2,1-2H3. The van der Waals surface area contributed by atoms with Gasteiger partial charge in [-0.1, -0.05) is 42.4 Å². The van der Waals surface area contributed by atoms with E-state index in [2.05, 4.69) is 16.2 Å². The molecule has 0 spiro atoms. The molecule has 1 aromatic heterocycles. The Labute approximate surface area is 124 Å². The molecule has 5 nitrogen and oxygen atoms in total. The smallest absolute Gasteiger partial charge is 0.227 e. The van der Waals surface area contributed by atoms with Crippen LogP contribution in [0.2, 0.25) is 0 Å². The van der Waals surface area contributed by atoms with Crippen LogP contribution in [-0.2, 0) is 11.2 Å². The quantitative estimate of drug-likeness (QED) is 0.780. The average molecular weight is 285 g/mol. The molecular weight excluding hydrogens is 266 g/mol. The predicted molar refractivity (Wildman–Crippen MR) is 77.3 cm³/mol. The lowest BCUT2D eigenvalue weighted by Crippen LogP contribution is -2.08. The van der Waals surface area contributed by atoms with Crippen LogP contribution >= 0.6 is 0 Å². The molecule has 2 rings (SSSR count). The highest BCUT2D eigenvalue weighted by molar-refractivity contribution is 5.22. The summed E-state index contributed by atoms with van der Waals surface area (Å²) in [6, 6.07) is 12.0. The van der Waals surface area contributed by atoms with Crippen molar-refractivity contribution >= 4 is 0 Å². The highest BCUT2D eigenvalue weighted by atomic mass is 16.5. The fourth-order valence-corrected chi connectivity index (χ4v) is 2.10. The van der Waals surface area contributed by atoms with Gasteiger partial charge in [-0.2, -0.15) is 10.2 Å². The maximum absolute atomic E-state index is 8.69. The van der Waals surface area contributed by atoms with Crippen molar-refractivity contribution in [2.75, 3.05) is 6.61 Å². The molecule has 2 aromatic rings. The minimum absolute atomic E-state index is 0.200. The molecule has 0 N–H and O–H groups in total. The summed E-state index contributed by atoms with van der Waals surface area (Å²) in [5.74, 6) is 1.28. The second kappa shape index (κ2) is 7.55. The Bertz CT molecular complexity index is 589. The minimum Gasteiger partial charge on any atom is -0.366 e. The molecule has 0 radical (unpaired) electrons. The van der Waals surface area contributed by atoms with Gasteiger partial charge in [-0.05, 0) is 18.4 Å². The van der Waals surface area contributed by atoms with Gasteiger partial charge in [0, 0.05) is 19.4 Å². The van der Waals surface area contributed by atoms with Crippen molar-refractivity contribution < 1.29 is 9.26 Å². The van der Waals surface area contributed by atoms with Gasteiger partial charge in [0.2, 0.25) is 11.7 Å². The van der Waals surface area contributed by atoms with Crippen molar-refractivity contribution in [1.82, 2.24) is 10.1 Å². The number of benzene rings is 1. The highest BCUT2D eigenvalue weighted by Gasteiger charge is 2.21. The summed E-state index contributed by atoms with van der Waals surface area (Å²) in [6.07, 6.45) is 0.763. The molecule has 1 heterocycles. The number of hydrogen-bond acceptors (Lipinski definition) is 5. The van der Waals surface area contributed by atoms with Gasteiger partial charge in [-0.25, -0.2) is 0 Å². The largest absolute Gasteiger partial charge is 0.366 e. The summed E-state index contributed by atoms with van der Waals surface area (Å²) in [4.78, 5) is 4.42. The molecule has 0 aliphatic carbocycles. The van der Waals surface area contributed by atoms with E-state index in [1.54, 1.807) is 0 Å². The van der Waals surface area contributed by atoms with E-state index in [-0.39, 0.29) is 12.0 Å². The Kier molecular flexibility index (Phi) is 5.47. The molecule has 0 saturated heterocycles. The van der Waals surface area contributed by atoms with Gasteiger partial charge in [0.25, 0.3) is 0 Å². The van der Waals surface area contributed by atoms with Crippen LogP contribution < -0.4 is 0 Å². The van der Waals surface area contributed by atoms with E-state index in [1.807, 2.05) is 44.2 Å². The van der Waals surface area contributed by atoms with Crippen LogP contribution in [0.1, 0.15) is 43.7 Å². The molecule has 0 bridgehead atoms. The number of nitriles is 1. The maximum Gasteiger partial charge on any atom is 0.227 e. The van der Waals surface area contributed by atoms with Crippen LogP contribution in [0.25, 0.3) is 0 Å². The molecule has 2 unspecified atom stereocenters. The van der Waals surface area contributed by atoms with Gasteiger partial charge in [-0.3, -0.25) is 0 Å². The Hall–Kier alpha value is -2.19. The number of nitrogens with zero attached hydrogens (tertiary/aromatic N) is 3. The van der Waals surface area contributed by atoms with Gasteiger partial charge in [0.05, 0.1) is 6.07 Å². The van der Waals surface area contributed by atoms with E-state index in [0.29, 0.717) is 31.2 Å². The van der Waals surface area contributed by atoms with Crippen LogP contribution in [0.3, 0.4) is 0 Å². The lowest BCUT2D eigenvalue weighted by Gasteiger charge is -2.13. The Morgan fingerprint density at radius 2 is 2.10 bits per heavy atom. The minimum atomic E-state index is -0.319. The van der Waals surface area contributed by atoms with Crippen LogP contribution in [0.15, 0.2) is 34.9 Å². The van der Waals surface area contributed by atoms with Gasteiger partial charge in [0.15, 0.2) is 0 Å². The molecule has 0 amide bonds. The first-order valence-corrected chi connectivity index (χ1v) is 7.10. The molecule has 0 aliphatic heterocycles. The fraction of sp³-hybridized carbons (Fsp3) is 0.438. The van der Waals surface area contributed by atoms with Crippen LogP contribution in [0.4, 0.5) is 0 Å². The predicted octanol–water partition coefficient (Wildman–Crippen LogP) is 3.29. The van der Waals surface area contributed by atoms with Gasteiger partial charge in [-0.15, -0.1) is 0 Å². The zero-order chi connectivity index (χ0) is 15.1. The summed E-state index contributed by atoms with van der Waals surface area (Å²) >= 11 is 0. The first kappa shape index (κ1) is 15.2. The third-order valence-electron chi connectivity index (χ3n) is 3.12. The first-order chi connectivity index (χ1) is 10.2. The normalized spacial score (nSPS) is 13.6. The van der Waals surface area contributed by atoms with Crippen molar-refractivity contribution in [2.24, 2.45) is 5.92 Å². The summed E-state index contributed by atoms with van der Waals surface area (Å²) in [6.45, 7) is 4.49. The Morgan fingerprint density at radius 1 is 1.33 bits per heavy atom. The molecular formula is C16H19N3O2. The van der Waals surface area contributed by atoms with E-state index in [1.165, 1.54) is 0 Å². The number of ether oxygens (including phenoxy) is 1. The van der Waals surface area contributed by atoms with E-state index < -0.39 is 0 Å². The van der Waals surface area contributed by atoms with Crippen molar-refractivity contribution in [2.45, 2.75) is 32.8 Å². The molecule has 21 heavy (non-hydrogen) atoms. The zero-order valence-corrected chi connectivity index (χ0v) is 12.3. The van der Waals surface area contributed by atoms with E-state index in [9.17, 15) is 0 Å². The SMILES string of the molecule is CCOC(c1ccccc1)c1noc(CC(C)CC#N)n1. The van der Waals surface area contributed by atoms with Crippen molar-refractivity contribution in [3.8, 4) is 6.07 Å². The van der Waals surface area contributed by atoms with Crippen LogP contribution in [-0.4, -0.2) is 16.7 Å². The lowest BCUT2D eigenvalue weighted by molar-refractivity contribution is 0.0833. The Balaban J connectivity index is 2.15. The lowest BCUT2D eigenvalue weighted by atomic mass is 10.1. The fourth-order valence-electron chi connectivity index (χ4n) is 2.10. The summed E-state index contributed by atoms with van der Waals surface area (Å²) in [7, 11) is 0.